The lowest BCUT2D eigenvalue weighted by molar-refractivity contribution is -0.145. The van der Waals surface area contributed by atoms with Crippen LogP contribution in [-0.4, -0.2) is 59.9 Å². The van der Waals surface area contributed by atoms with Crippen molar-refractivity contribution in [1.29, 1.82) is 0 Å². The Morgan fingerprint density at radius 3 is 2.42 bits per heavy atom. The second-order valence-corrected chi connectivity index (χ2v) is 8.38. The van der Waals surface area contributed by atoms with Gasteiger partial charge in [-0.3, -0.25) is 14.5 Å². The summed E-state index contributed by atoms with van der Waals surface area (Å²) in [6.07, 6.45) is 6.95. The lowest BCUT2D eigenvalue weighted by Gasteiger charge is -2.38. The number of hydrazine groups is 1. The average Bonchev–Trinajstić information content (AvgIpc) is 3.36. The number of rotatable bonds is 5. The zero-order chi connectivity index (χ0) is 18.1. The predicted molar refractivity (Wildman–Crippen MR) is 95.8 cm³/mol. The summed E-state index contributed by atoms with van der Waals surface area (Å²) in [5, 5.41) is 16.0. The Balaban J connectivity index is 1.27. The number of carboxylic acid groups (broad SMARTS) is 1. The summed E-state index contributed by atoms with van der Waals surface area (Å²) >= 11 is 0. The zero-order valence-corrected chi connectivity index (χ0v) is 15.2. The Morgan fingerprint density at radius 2 is 1.81 bits per heavy atom. The van der Waals surface area contributed by atoms with Crippen LogP contribution in [0.5, 0.6) is 0 Å². The molecular formula is C18H31N5O3. The standard InChI is InChI=1S/C18H31N5O3/c24-17(15-5-6-16(22-21-15)23-8-7-19-10-23)20-14-4-3-12(11-1-2-11)9-13(14)18(25)26/h11-16,19,21-22H,1-10H2,(H,20,24)(H,25,26). The van der Waals surface area contributed by atoms with Crippen molar-refractivity contribution in [2.24, 2.45) is 17.8 Å². The van der Waals surface area contributed by atoms with Gasteiger partial charge in [-0.2, -0.15) is 0 Å². The lowest BCUT2D eigenvalue weighted by atomic mass is 9.76. The molecule has 4 rings (SSSR count). The summed E-state index contributed by atoms with van der Waals surface area (Å²) in [5.74, 6) is -0.0184. The Morgan fingerprint density at radius 1 is 1.00 bits per heavy atom. The Hall–Kier alpha value is -1.22. The van der Waals surface area contributed by atoms with Crippen LogP contribution in [0.2, 0.25) is 0 Å². The van der Waals surface area contributed by atoms with E-state index in [0.717, 1.165) is 51.4 Å². The quantitative estimate of drug-likeness (QED) is 0.460. The normalized spacial score (nSPS) is 38.8. The monoisotopic (exact) mass is 365 g/mol. The fourth-order valence-electron chi connectivity index (χ4n) is 4.85. The fourth-order valence-corrected chi connectivity index (χ4v) is 4.85. The van der Waals surface area contributed by atoms with Crippen LogP contribution >= 0.6 is 0 Å². The van der Waals surface area contributed by atoms with E-state index in [1.165, 1.54) is 12.8 Å². The minimum Gasteiger partial charge on any atom is -0.481 e. The molecule has 5 unspecified atom stereocenters. The fraction of sp³-hybridized carbons (Fsp3) is 0.889. The van der Waals surface area contributed by atoms with Gasteiger partial charge in [-0.25, -0.2) is 10.9 Å². The van der Waals surface area contributed by atoms with Crippen LogP contribution in [0, 0.1) is 17.8 Å². The summed E-state index contributed by atoms with van der Waals surface area (Å²) in [6.45, 7) is 2.89. The smallest absolute Gasteiger partial charge is 0.308 e. The molecule has 4 fully saturated rings. The van der Waals surface area contributed by atoms with Crippen LogP contribution in [-0.2, 0) is 9.59 Å². The third-order valence-corrected chi connectivity index (χ3v) is 6.63. The van der Waals surface area contributed by atoms with Crippen LogP contribution in [0.1, 0.15) is 44.9 Å². The van der Waals surface area contributed by atoms with E-state index in [4.69, 9.17) is 0 Å². The first-order valence-electron chi connectivity index (χ1n) is 10.1. The van der Waals surface area contributed by atoms with Crippen LogP contribution < -0.4 is 21.5 Å². The second kappa shape index (κ2) is 7.80. The van der Waals surface area contributed by atoms with Gasteiger partial charge < -0.3 is 15.7 Å². The van der Waals surface area contributed by atoms with Crippen molar-refractivity contribution >= 4 is 11.9 Å². The van der Waals surface area contributed by atoms with E-state index in [1.54, 1.807) is 0 Å². The number of aliphatic carboxylic acids is 1. The van der Waals surface area contributed by atoms with Gasteiger partial charge in [0, 0.05) is 25.8 Å². The van der Waals surface area contributed by atoms with E-state index in [2.05, 4.69) is 26.4 Å². The summed E-state index contributed by atoms with van der Waals surface area (Å²) < 4.78 is 0. The Labute approximate surface area is 154 Å². The number of amides is 1. The molecule has 0 spiro atoms. The number of hydrogen-bond acceptors (Lipinski definition) is 6. The van der Waals surface area contributed by atoms with Crippen LogP contribution in [0.4, 0.5) is 0 Å². The van der Waals surface area contributed by atoms with Gasteiger partial charge >= 0.3 is 5.97 Å². The average molecular weight is 365 g/mol. The van der Waals surface area contributed by atoms with E-state index in [1.807, 2.05) is 0 Å². The molecule has 8 nitrogen and oxygen atoms in total. The zero-order valence-electron chi connectivity index (χ0n) is 15.2. The van der Waals surface area contributed by atoms with Crippen molar-refractivity contribution in [1.82, 2.24) is 26.4 Å². The molecule has 1 amide bonds. The molecule has 0 aromatic carbocycles. The summed E-state index contributed by atoms with van der Waals surface area (Å²) in [5.41, 5.74) is 6.39. The summed E-state index contributed by atoms with van der Waals surface area (Å²) in [7, 11) is 0. The van der Waals surface area contributed by atoms with Crippen molar-refractivity contribution in [3.05, 3.63) is 0 Å². The van der Waals surface area contributed by atoms with Crippen molar-refractivity contribution in [3.8, 4) is 0 Å². The first-order chi connectivity index (χ1) is 12.6. The summed E-state index contributed by atoms with van der Waals surface area (Å²) in [6, 6.07) is -0.533. The molecule has 8 heteroatoms. The Kier molecular flexibility index (Phi) is 5.45. The molecule has 2 aliphatic carbocycles. The summed E-state index contributed by atoms with van der Waals surface area (Å²) in [4.78, 5) is 26.7. The highest BCUT2D eigenvalue weighted by molar-refractivity contribution is 5.83. The van der Waals surface area contributed by atoms with Crippen molar-refractivity contribution in [2.75, 3.05) is 19.8 Å². The minimum absolute atomic E-state index is 0.0726. The van der Waals surface area contributed by atoms with Gasteiger partial charge in [-0.15, -0.1) is 0 Å². The maximum Gasteiger partial charge on any atom is 0.308 e. The molecule has 0 aromatic rings. The minimum atomic E-state index is -0.767. The molecule has 26 heavy (non-hydrogen) atoms. The third-order valence-electron chi connectivity index (χ3n) is 6.63. The Bertz CT molecular complexity index is 527. The van der Waals surface area contributed by atoms with Crippen molar-refractivity contribution in [3.63, 3.8) is 0 Å². The molecule has 2 saturated carbocycles. The number of nitrogens with one attached hydrogen (secondary N) is 4. The molecule has 5 atom stereocenters. The highest BCUT2D eigenvalue weighted by Crippen LogP contribution is 2.45. The molecule has 146 valence electrons. The van der Waals surface area contributed by atoms with Gasteiger partial charge in [0.05, 0.1) is 12.1 Å². The largest absolute Gasteiger partial charge is 0.481 e. The third kappa shape index (κ3) is 4.03. The van der Waals surface area contributed by atoms with Gasteiger partial charge in [0.1, 0.15) is 6.04 Å². The predicted octanol–water partition coefficient (Wildman–Crippen LogP) is -0.172. The van der Waals surface area contributed by atoms with E-state index in [0.29, 0.717) is 12.3 Å². The van der Waals surface area contributed by atoms with E-state index < -0.39 is 11.9 Å². The molecule has 5 N–H and O–H groups in total. The molecule has 2 heterocycles. The van der Waals surface area contributed by atoms with Gasteiger partial charge in [0.2, 0.25) is 5.91 Å². The van der Waals surface area contributed by atoms with Crippen molar-refractivity contribution in [2.45, 2.75) is 63.2 Å². The maximum atomic E-state index is 12.7. The maximum absolute atomic E-state index is 12.7. The van der Waals surface area contributed by atoms with E-state index in [-0.39, 0.29) is 24.2 Å². The highest BCUT2D eigenvalue weighted by atomic mass is 16.4. The second-order valence-electron chi connectivity index (χ2n) is 8.38. The molecule has 2 saturated heterocycles. The first kappa shape index (κ1) is 18.2. The number of carbonyl (C=O) groups excluding carboxylic acids is 1. The van der Waals surface area contributed by atoms with Crippen LogP contribution in [0.25, 0.3) is 0 Å². The van der Waals surface area contributed by atoms with Crippen LogP contribution in [0.3, 0.4) is 0 Å². The number of nitrogens with zero attached hydrogens (tertiary/aromatic N) is 1. The molecule has 4 aliphatic rings. The van der Waals surface area contributed by atoms with E-state index in [9.17, 15) is 14.7 Å². The van der Waals surface area contributed by atoms with E-state index >= 15 is 0 Å². The molecule has 0 radical (unpaired) electrons. The van der Waals surface area contributed by atoms with Crippen molar-refractivity contribution < 1.29 is 14.7 Å². The number of hydrogen-bond donors (Lipinski definition) is 5. The van der Waals surface area contributed by atoms with Gasteiger partial charge in [0.25, 0.3) is 0 Å². The molecule has 0 aromatic heterocycles. The van der Waals surface area contributed by atoms with Gasteiger partial charge in [-0.1, -0.05) is 0 Å². The molecule has 2 aliphatic heterocycles. The number of carbonyl (C=O) groups is 2. The molecular weight excluding hydrogens is 334 g/mol. The van der Waals surface area contributed by atoms with Crippen LogP contribution in [0.15, 0.2) is 0 Å². The molecule has 0 bridgehead atoms. The lowest BCUT2D eigenvalue weighted by Crippen LogP contribution is -2.62. The first-order valence-corrected chi connectivity index (χ1v) is 10.1. The SMILES string of the molecule is O=C(NC1CCC(C2CC2)CC1C(=O)O)C1CCC(N2CCNC2)NN1. The van der Waals surface area contributed by atoms with Gasteiger partial charge in [-0.05, 0) is 56.8 Å². The topological polar surface area (TPSA) is 106 Å². The highest BCUT2D eigenvalue weighted by Gasteiger charge is 2.42. The van der Waals surface area contributed by atoms with Gasteiger partial charge in [0.15, 0.2) is 0 Å². The number of carboxylic acids is 1.